The third-order valence-corrected chi connectivity index (χ3v) is 2.10. The zero-order valence-electron chi connectivity index (χ0n) is 9.10. The summed E-state index contributed by atoms with van der Waals surface area (Å²) >= 11 is 0. The van der Waals surface area contributed by atoms with Gasteiger partial charge in [-0.15, -0.1) is 0 Å². The lowest BCUT2D eigenvalue weighted by Crippen LogP contribution is -2.33. The molecule has 0 heterocycles. The van der Waals surface area contributed by atoms with Gasteiger partial charge in [-0.05, 0) is 17.7 Å². The van der Waals surface area contributed by atoms with E-state index in [9.17, 15) is 30.7 Å². The molecule has 1 rings (SSSR count). The normalized spacial score (nSPS) is 14.6. The van der Waals surface area contributed by atoms with E-state index in [4.69, 9.17) is 5.73 Å². The quantitative estimate of drug-likeness (QED) is 0.862. The minimum absolute atomic E-state index is 0.403. The summed E-state index contributed by atoms with van der Waals surface area (Å²) in [7, 11) is 0. The van der Waals surface area contributed by atoms with Gasteiger partial charge >= 0.3 is 18.7 Å². The Morgan fingerprint density at radius 2 is 1.42 bits per heavy atom. The molecular weight excluding hydrogens is 283 g/mol. The summed E-state index contributed by atoms with van der Waals surface area (Å²) in [6.07, 6.45) is -13.5. The van der Waals surface area contributed by atoms with Crippen molar-refractivity contribution in [3.8, 4) is 5.75 Å². The predicted octanol–water partition coefficient (Wildman–Crippen LogP) is 3.49. The molecule has 0 amide bonds. The fourth-order valence-corrected chi connectivity index (χ4v) is 1.13. The van der Waals surface area contributed by atoms with Crippen molar-refractivity contribution in [3.05, 3.63) is 29.8 Å². The summed E-state index contributed by atoms with van der Waals surface area (Å²) in [6.45, 7) is 0. The van der Waals surface area contributed by atoms with Gasteiger partial charge in [0.2, 0.25) is 0 Å². The van der Waals surface area contributed by atoms with Gasteiger partial charge in [0.1, 0.15) is 11.8 Å². The Bertz CT molecular complexity index is 415. The van der Waals surface area contributed by atoms with Gasteiger partial charge in [-0.1, -0.05) is 12.1 Å². The molecule has 0 aromatic heterocycles. The van der Waals surface area contributed by atoms with Gasteiger partial charge in [-0.25, -0.2) is 0 Å². The number of hydrogen-bond donors (Lipinski definition) is 1. The van der Waals surface area contributed by atoms with Crippen molar-refractivity contribution < 1.29 is 35.5 Å². The van der Waals surface area contributed by atoms with E-state index in [0.717, 1.165) is 12.1 Å². The fourth-order valence-electron chi connectivity index (χ4n) is 1.13. The van der Waals surface area contributed by atoms with E-state index in [2.05, 4.69) is 4.74 Å². The third-order valence-electron chi connectivity index (χ3n) is 2.10. The number of ether oxygens (including phenoxy) is 1. The molecule has 19 heavy (non-hydrogen) atoms. The summed E-state index contributed by atoms with van der Waals surface area (Å²) in [5, 5.41) is 0. The molecule has 0 spiro atoms. The topological polar surface area (TPSA) is 35.2 Å². The van der Waals surface area contributed by atoms with Crippen molar-refractivity contribution in [1.29, 1.82) is 0 Å². The molecule has 0 saturated heterocycles. The summed E-state index contributed by atoms with van der Waals surface area (Å²) in [5.41, 5.74) is 4.46. The fraction of sp³-hybridized carbons (Fsp3) is 0.400. The monoisotopic (exact) mass is 291 g/mol. The minimum atomic E-state index is -4.71. The lowest BCUT2D eigenvalue weighted by atomic mass is 10.1. The summed E-state index contributed by atoms with van der Waals surface area (Å²) in [6, 6.07) is 0.663. The molecule has 2 nitrogen and oxygen atoms in total. The predicted molar refractivity (Wildman–Crippen MR) is 51.0 cm³/mol. The van der Waals surface area contributed by atoms with E-state index in [1.807, 2.05) is 0 Å². The van der Waals surface area contributed by atoms with Crippen LogP contribution in [-0.2, 0) is 0 Å². The molecule has 0 unspecified atom stereocenters. The molecule has 0 radical (unpaired) electrons. The number of hydrogen-bond acceptors (Lipinski definition) is 2. The lowest BCUT2D eigenvalue weighted by Gasteiger charge is -2.18. The maximum absolute atomic E-state index is 12.5. The third kappa shape index (κ3) is 3.98. The number of nitrogens with two attached hydrogens (primary N) is 1. The molecule has 0 fully saturated rings. The van der Waals surface area contributed by atoms with Gasteiger partial charge in [0.25, 0.3) is 0 Å². The Balaban J connectivity index is 2.83. The number of benzene rings is 1. The average Bonchev–Trinajstić information content (AvgIpc) is 2.27. The highest BCUT2D eigenvalue weighted by molar-refractivity contribution is 5.30. The van der Waals surface area contributed by atoms with Gasteiger partial charge in [0.15, 0.2) is 0 Å². The molecule has 0 bridgehead atoms. The number of halogens is 7. The molecule has 9 heteroatoms. The molecule has 0 aliphatic carbocycles. The van der Waals surface area contributed by atoms with Gasteiger partial charge in [0, 0.05) is 0 Å². The van der Waals surface area contributed by atoms with Crippen molar-refractivity contribution in [2.24, 2.45) is 5.73 Å². The van der Waals surface area contributed by atoms with Crippen molar-refractivity contribution in [2.75, 3.05) is 0 Å². The lowest BCUT2D eigenvalue weighted by molar-refractivity contribution is -0.253. The Morgan fingerprint density at radius 1 is 0.947 bits per heavy atom. The second-order valence-electron chi connectivity index (χ2n) is 3.55. The zero-order valence-corrected chi connectivity index (χ0v) is 9.10. The van der Waals surface area contributed by atoms with Crippen molar-refractivity contribution in [2.45, 2.75) is 24.8 Å². The molecule has 2 N–H and O–H groups in total. The smallest absolute Gasteiger partial charge is 0.428 e. The Morgan fingerprint density at radius 3 is 1.79 bits per heavy atom. The van der Waals surface area contributed by atoms with Crippen LogP contribution in [0.2, 0.25) is 0 Å². The SMILES string of the molecule is N[C@@H](c1ccc(OC(F)(F)C(F)F)cc1)C(F)(F)F. The van der Waals surface area contributed by atoms with E-state index >= 15 is 0 Å². The first-order chi connectivity index (χ1) is 8.54. The Labute approximate surface area is 103 Å². The molecule has 0 aliphatic heterocycles. The van der Waals surface area contributed by atoms with Crippen molar-refractivity contribution in [1.82, 2.24) is 0 Å². The first-order valence-corrected chi connectivity index (χ1v) is 4.81. The van der Waals surface area contributed by atoms with Crippen LogP contribution in [0, 0.1) is 0 Å². The first kappa shape index (κ1) is 15.5. The van der Waals surface area contributed by atoms with Crippen LogP contribution in [0.25, 0.3) is 0 Å². The molecular formula is C10H8F7NO. The molecule has 0 aliphatic rings. The molecule has 108 valence electrons. The van der Waals surface area contributed by atoms with Crippen LogP contribution in [0.4, 0.5) is 30.7 Å². The molecule has 0 saturated carbocycles. The second kappa shape index (κ2) is 5.24. The van der Waals surface area contributed by atoms with Gasteiger partial charge in [-0.2, -0.15) is 30.7 Å². The van der Waals surface area contributed by atoms with Crippen LogP contribution in [0.1, 0.15) is 11.6 Å². The second-order valence-corrected chi connectivity index (χ2v) is 3.55. The highest BCUT2D eigenvalue weighted by atomic mass is 19.4. The van der Waals surface area contributed by atoms with Gasteiger partial charge < -0.3 is 10.5 Å². The highest BCUT2D eigenvalue weighted by Gasteiger charge is 2.44. The average molecular weight is 291 g/mol. The first-order valence-electron chi connectivity index (χ1n) is 4.81. The Kier molecular flexibility index (Phi) is 4.28. The highest BCUT2D eigenvalue weighted by Crippen LogP contribution is 2.32. The van der Waals surface area contributed by atoms with Crippen molar-refractivity contribution >= 4 is 0 Å². The van der Waals surface area contributed by atoms with E-state index in [0.29, 0.717) is 12.1 Å². The standard InChI is InChI=1S/C10H8F7NO/c11-8(12)10(16,17)19-6-3-1-5(2-4-6)7(18)9(13,14)15/h1-4,7-8H,18H2/t7-/m0/s1. The van der Waals surface area contributed by atoms with Gasteiger partial charge in [0.05, 0.1) is 0 Å². The maximum Gasteiger partial charge on any atom is 0.461 e. The zero-order chi connectivity index (χ0) is 14.8. The van der Waals surface area contributed by atoms with E-state index < -0.39 is 36.1 Å². The van der Waals surface area contributed by atoms with Gasteiger partial charge in [-0.3, -0.25) is 0 Å². The molecule has 1 atom stereocenters. The van der Waals surface area contributed by atoms with Crippen LogP contribution >= 0.6 is 0 Å². The van der Waals surface area contributed by atoms with Crippen LogP contribution in [0.15, 0.2) is 24.3 Å². The maximum atomic E-state index is 12.5. The van der Waals surface area contributed by atoms with E-state index in [-0.39, 0.29) is 0 Å². The van der Waals surface area contributed by atoms with Crippen LogP contribution in [-0.4, -0.2) is 18.7 Å². The number of alkyl halides is 7. The van der Waals surface area contributed by atoms with E-state index in [1.165, 1.54) is 0 Å². The van der Waals surface area contributed by atoms with Crippen LogP contribution in [0.5, 0.6) is 5.75 Å². The Hall–Kier alpha value is -1.51. The molecule has 1 aromatic carbocycles. The molecule has 1 aromatic rings. The van der Waals surface area contributed by atoms with Crippen LogP contribution < -0.4 is 10.5 Å². The largest absolute Gasteiger partial charge is 0.461 e. The summed E-state index contributed by atoms with van der Waals surface area (Å²) in [5.74, 6) is -0.691. The minimum Gasteiger partial charge on any atom is -0.428 e. The van der Waals surface area contributed by atoms with E-state index in [1.54, 1.807) is 0 Å². The summed E-state index contributed by atoms with van der Waals surface area (Å²) < 4.78 is 89.0. The van der Waals surface area contributed by atoms with Crippen molar-refractivity contribution in [3.63, 3.8) is 0 Å². The van der Waals surface area contributed by atoms with Crippen LogP contribution in [0.3, 0.4) is 0 Å². The number of rotatable bonds is 4. The summed E-state index contributed by atoms with van der Waals surface area (Å²) in [4.78, 5) is 0.